The molecule has 18 heavy (non-hydrogen) atoms. The number of ether oxygens (including phenoxy) is 1. The number of anilines is 1. The summed E-state index contributed by atoms with van der Waals surface area (Å²) >= 11 is 0. The van der Waals surface area contributed by atoms with Gasteiger partial charge in [-0.1, -0.05) is 5.10 Å². The predicted molar refractivity (Wildman–Crippen MR) is 61.8 cm³/mol. The van der Waals surface area contributed by atoms with Crippen molar-refractivity contribution in [3.8, 4) is 0 Å². The zero-order valence-corrected chi connectivity index (χ0v) is 10.6. The van der Waals surface area contributed by atoms with Gasteiger partial charge in [-0.2, -0.15) is 0 Å². The van der Waals surface area contributed by atoms with Crippen LogP contribution in [0.15, 0.2) is 4.42 Å². The third-order valence-electron chi connectivity index (χ3n) is 1.89. The van der Waals surface area contributed by atoms with Crippen molar-refractivity contribution < 1.29 is 18.7 Å². The first-order valence-electron chi connectivity index (χ1n) is 5.45. The van der Waals surface area contributed by atoms with E-state index in [-0.39, 0.29) is 31.0 Å². The van der Waals surface area contributed by atoms with Crippen molar-refractivity contribution >= 4 is 17.9 Å². The van der Waals surface area contributed by atoms with Crippen LogP contribution >= 0.6 is 0 Å². The molecule has 1 heterocycles. The number of rotatable bonds is 6. The van der Waals surface area contributed by atoms with E-state index in [0.29, 0.717) is 12.5 Å². The molecule has 8 heteroatoms. The molecular weight excluding hydrogens is 240 g/mol. The first-order valence-corrected chi connectivity index (χ1v) is 5.45. The van der Waals surface area contributed by atoms with E-state index in [1.807, 2.05) is 0 Å². The quantitative estimate of drug-likeness (QED) is 0.704. The first-order chi connectivity index (χ1) is 8.51. The molecule has 100 valence electrons. The van der Waals surface area contributed by atoms with E-state index in [1.54, 1.807) is 20.9 Å². The van der Waals surface area contributed by atoms with Gasteiger partial charge in [-0.3, -0.25) is 19.8 Å². The Labute approximate surface area is 104 Å². The van der Waals surface area contributed by atoms with E-state index in [1.165, 1.54) is 4.90 Å². The fourth-order valence-corrected chi connectivity index (χ4v) is 1.23. The van der Waals surface area contributed by atoms with Crippen molar-refractivity contribution in [3.63, 3.8) is 0 Å². The largest absolute Gasteiger partial charge is 0.465 e. The SMILES string of the molecule is CCOC(=O)CN(C)CC(=O)Nc1nnc(C)o1. The van der Waals surface area contributed by atoms with Crippen LogP contribution in [-0.2, 0) is 14.3 Å². The molecule has 0 saturated heterocycles. The Balaban J connectivity index is 2.33. The number of nitrogens with zero attached hydrogens (tertiary/aromatic N) is 3. The lowest BCUT2D eigenvalue weighted by Crippen LogP contribution is -2.34. The first kappa shape index (κ1) is 14.1. The van der Waals surface area contributed by atoms with Gasteiger partial charge in [0.25, 0.3) is 0 Å². The van der Waals surface area contributed by atoms with Gasteiger partial charge in [0.1, 0.15) is 0 Å². The highest BCUT2D eigenvalue weighted by atomic mass is 16.5. The lowest BCUT2D eigenvalue weighted by Gasteiger charge is -2.13. The number of aryl methyl sites for hydroxylation is 1. The predicted octanol–water partition coefficient (Wildman–Crippen LogP) is -0.189. The van der Waals surface area contributed by atoms with Gasteiger partial charge in [-0.05, 0) is 14.0 Å². The molecule has 0 fully saturated rings. The summed E-state index contributed by atoms with van der Waals surface area (Å²) in [5.74, 6) is -0.350. The molecule has 0 saturated carbocycles. The molecule has 1 rings (SSSR count). The second-order valence-electron chi connectivity index (χ2n) is 3.65. The van der Waals surface area contributed by atoms with Crippen molar-refractivity contribution in [2.24, 2.45) is 0 Å². The van der Waals surface area contributed by atoms with Crippen molar-refractivity contribution in [3.05, 3.63) is 5.89 Å². The van der Waals surface area contributed by atoms with Crippen LogP contribution in [0.5, 0.6) is 0 Å². The highest BCUT2D eigenvalue weighted by Crippen LogP contribution is 2.03. The van der Waals surface area contributed by atoms with Crippen molar-refractivity contribution in [1.29, 1.82) is 0 Å². The Kier molecular flexibility index (Phi) is 5.25. The number of hydrogen-bond donors (Lipinski definition) is 1. The average molecular weight is 256 g/mol. The average Bonchev–Trinajstić information content (AvgIpc) is 2.63. The van der Waals surface area contributed by atoms with E-state index >= 15 is 0 Å². The summed E-state index contributed by atoms with van der Waals surface area (Å²) in [6.07, 6.45) is 0. The zero-order valence-electron chi connectivity index (χ0n) is 10.6. The molecule has 1 aromatic heterocycles. The number of nitrogens with one attached hydrogen (secondary N) is 1. The van der Waals surface area contributed by atoms with Gasteiger partial charge in [0.05, 0.1) is 19.7 Å². The summed E-state index contributed by atoms with van der Waals surface area (Å²) in [5.41, 5.74) is 0. The van der Waals surface area contributed by atoms with Crippen LogP contribution < -0.4 is 5.32 Å². The molecule has 1 amide bonds. The van der Waals surface area contributed by atoms with Crippen LogP contribution in [0.1, 0.15) is 12.8 Å². The molecule has 0 aliphatic carbocycles. The lowest BCUT2D eigenvalue weighted by atomic mass is 10.5. The van der Waals surface area contributed by atoms with E-state index in [4.69, 9.17) is 9.15 Å². The van der Waals surface area contributed by atoms with Gasteiger partial charge in [-0.15, -0.1) is 5.10 Å². The molecule has 0 aromatic carbocycles. The zero-order chi connectivity index (χ0) is 13.5. The molecule has 0 radical (unpaired) electrons. The Morgan fingerprint density at radius 1 is 1.39 bits per heavy atom. The number of aromatic nitrogens is 2. The molecule has 0 bridgehead atoms. The number of carbonyl (C=O) groups excluding carboxylic acids is 2. The Bertz CT molecular complexity index is 418. The molecule has 0 atom stereocenters. The van der Waals surface area contributed by atoms with Gasteiger partial charge < -0.3 is 9.15 Å². The maximum Gasteiger partial charge on any atom is 0.322 e. The van der Waals surface area contributed by atoms with Gasteiger partial charge in [0, 0.05) is 6.92 Å². The minimum atomic E-state index is -0.374. The maximum atomic E-state index is 11.5. The Hall–Kier alpha value is -1.96. The summed E-state index contributed by atoms with van der Waals surface area (Å²) < 4.78 is 9.75. The van der Waals surface area contributed by atoms with Gasteiger partial charge in [0.15, 0.2) is 0 Å². The minimum absolute atomic E-state index is 0.0280. The van der Waals surface area contributed by atoms with Crippen molar-refractivity contribution in [2.45, 2.75) is 13.8 Å². The standard InChI is InChI=1S/C10H16N4O4/c1-4-17-9(16)6-14(3)5-8(15)11-10-13-12-7(2)18-10/h4-6H2,1-3H3,(H,11,13,15). The Morgan fingerprint density at radius 3 is 2.67 bits per heavy atom. The minimum Gasteiger partial charge on any atom is -0.465 e. The number of carbonyl (C=O) groups is 2. The molecule has 1 N–H and O–H groups in total. The number of esters is 1. The number of hydrogen-bond acceptors (Lipinski definition) is 7. The highest BCUT2D eigenvalue weighted by molar-refractivity contribution is 5.90. The summed E-state index contributed by atoms with van der Waals surface area (Å²) in [4.78, 5) is 24.2. The second kappa shape index (κ2) is 6.70. The highest BCUT2D eigenvalue weighted by Gasteiger charge is 2.13. The smallest absolute Gasteiger partial charge is 0.322 e. The van der Waals surface area contributed by atoms with Crippen molar-refractivity contribution in [2.75, 3.05) is 32.1 Å². The summed E-state index contributed by atoms with van der Waals surface area (Å²) in [6.45, 7) is 3.74. The van der Waals surface area contributed by atoms with Crippen LogP contribution in [0.3, 0.4) is 0 Å². The van der Waals surface area contributed by atoms with Gasteiger partial charge >= 0.3 is 12.0 Å². The van der Waals surface area contributed by atoms with Crippen LogP contribution in [0.2, 0.25) is 0 Å². The molecule has 0 unspecified atom stereocenters. The van der Waals surface area contributed by atoms with E-state index in [0.717, 1.165) is 0 Å². The summed E-state index contributed by atoms with van der Waals surface area (Å²) in [7, 11) is 1.63. The topological polar surface area (TPSA) is 97.6 Å². The van der Waals surface area contributed by atoms with Gasteiger partial charge in [0.2, 0.25) is 11.8 Å². The molecule has 0 aliphatic rings. The van der Waals surface area contributed by atoms with E-state index in [2.05, 4.69) is 15.5 Å². The molecule has 8 nitrogen and oxygen atoms in total. The third-order valence-corrected chi connectivity index (χ3v) is 1.89. The summed E-state index contributed by atoms with van der Waals surface area (Å²) in [5, 5.41) is 9.62. The van der Waals surface area contributed by atoms with Crippen LogP contribution in [-0.4, -0.2) is 53.7 Å². The molecule has 0 spiro atoms. The molecule has 1 aromatic rings. The third kappa shape index (κ3) is 4.91. The van der Waals surface area contributed by atoms with Crippen LogP contribution in [0, 0.1) is 6.92 Å². The van der Waals surface area contributed by atoms with Gasteiger partial charge in [-0.25, -0.2) is 0 Å². The van der Waals surface area contributed by atoms with Crippen LogP contribution in [0.4, 0.5) is 6.01 Å². The van der Waals surface area contributed by atoms with Crippen molar-refractivity contribution in [1.82, 2.24) is 15.1 Å². The molecular formula is C10H16N4O4. The monoisotopic (exact) mass is 256 g/mol. The normalized spacial score (nSPS) is 10.4. The fourth-order valence-electron chi connectivity index (χ4n) is 1.23. The van der Waals surface area contributed by atoms with E-state index in [9.17, 15) is 9.59 Å². The maximum absolute atomic E-state index is 11.5. The fraction of sp³-hybridized carbons (Fsp3) is 0.600. The lowest BCUT2D eigenvalue weighted by molar-refractivity contribution is -0.144. The number of amides is 1. The van der Waals surface area contributed by atoms with E-state index < -0.39 is 0 Å². The Morgan fingerprint density at radius 2 is 2.11 bits per heavy atom. The van der Waals surface area contributed by atoms with Crippen LogP contribution in [0.25, 0.3) is 0 Å². The second-order valence-corrected chi connectivity index (χ2v) is 3.65. The molecule has 0 aliphatic heterocycles. The summed E-state index contributed by atoms with van der Waals surface area (Å²) in [6, 6.07) is 0.0436. The number of likely N-dealkylation sites (N-methyl/N-ethyl adjacent to an activating group) is 1.